The van der Waals surface area contributed by atoms with Crippen LogP contribution in [0.15, 0.2) is 42.2 Å². The molecule has 1 aliphatic heterocycles. The molecule has 0 radical (unpaired) electrons. The van der Waals surface area contributed by atoms with E-state index in [1.807, 2.05) is 17.2 Å². The van der Waals surface area contributed by atoms with Crippen molar-refractivity contribution in [2.45, 2.75) is 18.9 Å². The molecule has 1 fully saturated rings. The Hall–Kier alpha value is -2.94. The van der Waals surface area contributed by atoms with E-state index in [0.717, 1.165) is 36.0 Å². The third-order valence-electron chi connectivity index (χ3n) is 4.81. The summed E-state index contributed by atoms with van der Waals surface area (Å²) in [5.41, 5.74) is 3.49. The van der Waals surface area contributed by atoms with Crippen LogP contribution in [-0.2, 0) is 0 Å². The zero-order valence-corrected chi connectivity index (χ0v) is 14.9. The molecule has 6 nitrogen and oxygen atoms in total. The normalized spacial score (nSPS) is 17.1. The lowest BCUT2D eigenvalue weighted by Crippen LogP contribution is -2.24. The highest BCUT2D eigenvalue weighted by atomic mass is 32.1. The molecular formula is C18H14F2N6S. The van der Waals surface area contributed by atoms with Gasteiger partial charge in [0.15, 0.2) is 10.7 Å². The van der Waals surface area contributed by atoms with Crippen molar-refractivity contribution in [2.75, 3.05) is 11.4 Å². The summed E-state index contributed by atoms with van der Waals surface area (Å²) in [6, 6.07) is 5.20. The Kier molecular flexibility index (Phi) is 3.82. The third-order valence-corrected chi connectivity index (χ3v) is 5.53. The van der Waals surface area contributed by atoms with Gasteiger partial charge in [-0.15, -0.1) is 10.2 Å². The minimum absolute atomic E-state index is 0.247. The van der Waals surface area contributed by atoms with E-state index in [0.29, 0.717) is 17.0 Å². The van der Waals surface area contributed by atoms with Gasteiger partial charge in [-0.25, -0.2) is 18.3 Å². The number of halogens is 2. The molecular weight excluding hydrogens is 370 g/mol. The summed E-state index contributed by atoms with van der Waals surface area (Å²) < 4.78 is 29.7. The summed E-state index contributed by atoms with van der Waals surface area (Å²) in [6.07, 6.45) is 5.16. The molecule has 0 amide bonds. The van der Waals surface area contributed by atoms with Crippen molar-refractivity contribution < 1.29 is 8.78 Å². The Bertz CT molecular complexity index is 1110. The van der Waals surface area contributed by atoms with Gasteiger partial charge < -0.3 is 4.90 Å². The highest BCUT2D eigenvalue weighted by Crippen LogP contribution is 2.37. The molecule has 0 N–H and O–H groups in total. The number of fused-ring (bicyclic) bond motifs is 1. The Morgan fingerprint density at radius 3 is 2.96 bits per heavy atom. The van der Waals surface area contributed by atoms with Gasteiger partial charge in [-0.1, -0.05) is 11.3 Å². The first kappa shape index (κ1) is 16.2. The number of rotatable bonds is 3. The lowest BCUT2D eigenvalue weighted by molar-refractivity contribution is 0.560. The van der Waals surface area contributed by atoms with Gasteiger partial charge in [0.25, 0.3) is 0 Å². The van der Waals surface area contributed by atoms with Gasteiger partial charge in [-0.3, -0.25) is 0 Å². The van der Waals surface area contributed by atoms with Gasteiger partial charge in [0.05, 0.1) is 17.8 Å². The fourth-order valence-corrected chi connectivity index (χ4v) is 4.15. The van der Waals surface area contributed by atoms with Crippen LogP contribution in [0.1, 0.15) is 24.4 Å². The van der Waals surface area contributed by atoms with Crippen molar-refractivity contribution in [3.05, 3.63) is 59.4 Å². The molecule has 5 rings (SSSR count). The van der Waals surface area contributed by atoms with Gasteiger partial charge in [0.2, 0.25) is 0 Å². The zero-order chi connectivity index (χ0) is 18.4. The van der Waals surface area contributed by atoms with E-state index in [1.54, 1.807) is 16.2 Å². The lowest BCUT2D eigenvalue weighted by Gasteiger charge is -2.26. The van der Waals surface area contributed by atoms with Crippen molar-refractivity contribution in [3.63, 3.8) is 0 Å². The molecule has 3 aromatic heterocycles. The van der Waals surface area contributed by atoms with Crippen LogP contribution in [0.2, 0.25) is 0 Å². The van der Waals surface area contributed by atoms with Crippen molar-refractivity contribution in [3.8, 4) is 10.6 Å². The summed E-state index contributed by atoms with van der Waals surface area (Å²) >= 11 is 1.41. The first-order valence-corrected chi connectivity index (χ1v) is 9.41. The van der Waals surface area contributed by atoms with Crippen LogP contribution >= 0.6 is 11.3 Å². The molecule has 0 saturated carbocycles. The lowest BCUT2D eigenvalue weighted by atomic mass is 10.0. The van der Waals surface area contributed by atoms with E-state index in [1.165, 1.54) is 23.5 Å². The zero-order valence-electron chi connectivity index (χ0n) is 14.1. The number of benzene rings is 1. The molecule has 1 aliphatic rings. The van der Waals surface area contributed by atoms with Crippen LogP contribution < -0.4 is 4.90 Å². The summed E-state index contributed by atoms with van der Waals surface area (Å²) in [5.74, 6) is -0.121. The van der Waals surface area contributed by atoms with E-state index in [4.69, 9.17) is 4.98 Å². The highest BCUT2D eigenvalue weighted by Gasteiger charge is 2.30. The first-order valence-electron chi connectivity index (χ1n) is 8.53. The van der Waals surface area contributed by atoms with Crippen LogP contribution in [0, 0.1) is 11.6 Å². The second-order valence-electron chi connectivity index (χ2n) is 6.37. The minimum atomic E-state index is -0.434. The van der Waals surface area contributed by atoms with Gasteiger partial charge in [0, 0.05) is 18.3 Å². The smallest absolute Gasteiger partial charge is 0.167 e. The fraction of sp³-hybridized carbons (Fsp3) is 0.222. The maximum absolute atomic E-state index is 14.3. The Morgan fingerprint density at radius 2 is 2.11 bits per heavy atom. The average Bonchev–Trinajstić information content (AvgIpc) is 3.42. The SMILES string of the molecule is Fc1ccc(F)c(C2CCCN2c2ccn3ncc(-c4nncs4)c3n2)c1. The van der Waals surface area contributed by atoms with Crippen LogP contribution in [0.3, 0.4) is 0 Å². The summed E-state index contributed by atoms with van der Waals surface area (Å²) in [7, 11) is 0. The molecule has 0 spiro atoms. The standard InChI is InChI=1S/C18H14F2N6S/c19-11-3-4-14(20)12(8-11)15-2-1-6-25(15)16-5-7-26-17(23-16)13(9-22-26)18-24-21-10-27-18/h3-5,7-10,15H,1-2,6H2. The molecule has 1 unspecified atom stereocenters. The minimum Gasteiger partial charge on any atom is -0.349 e. The van der Waals surface area contributed by atoms with Crippen molar-refractivity contribution >= 4 is 22.8 Å². The largest absolute Gasteiger partial charge is 0.349 e. The fourth-order valence-electron chi connectivity index (χ4n) is 3.59. The quantitative estimate of drug-likeness (QED) is 0.537. The molecule has 27 heavy (non-hydrogen) atoms. The molecule has 0 bridgehead atoms. The van der Waals surface area contributed by atoms with E-state index in [-0.39, 0.29) is 6.04 Å². The molecule has 136 valence electrons. The number of anilines is 1. The second kappa shape index (κ2) is 6.34. The monoisotopic (exact) mass is 384 g/mol. The molecule has 1 atom stereocenters. The van der Waals surface area contributed by atoms with Crippen LogP contribution in [0.5, 0.6) is 0 Å². The maximum Gasteiger partial charge on any atom is 0.167 e. The number of hydrogen-bond acceptors (Lipinski definition) is 6. The molecule has 1 saturated heterocycles. The summed E-state index contributed by atoms with van der Waals surface area (Å²) in [6.45, 7) is 0.728. The number of aromatic nitrogens is 5. The van der Waals surface area contributed by atoms with Gasteiger partial charge in [-0.2, -0.15) is 5.10 Å². The van der Waals surface area contributed by atoms with E-state index < -0.39 is 11.6 Å². The molecule has 4 aromatic rings. The van der Waals surface area contributed by atoms with E-state index >= 15 is 0 Å². The Morgan fingerprint density at radius 1 is 1.19 bits per heavy atom. The molecule has 0 aliphatic carbocycles. The summed E-state index contributed by atoms with van der Waals surface area (Å²) in [5, 5.41) is 13.0. The third kappa shape index (κ3) is 2.74. The average molecular weight is 384 g/mol. The Balaban J connectivity index is 1.58. The van der Waals surface area contributed by atoms with Gasteiger partial charge in [0.1, 0.15) is 23.0 Å². The van der Waals surface area contributed by atoms with Crippen molar-refractivity contribution in [1.29, 1.82) is 0 Å². The van der Waals surface area contributed by atoms with Crippen molar-refractivity contribution in [2.24, 2.45) is 0 Å². The first-order chi connectivity index (χ1) is 13.2. The van der Waals surface area contributed by atoms with Gasteiger partial charge >= 0.3 is 0 Å². The van der Waals surface area contributed by atoms with Crippen molar-refractivity contribution in [1.82, 2.24) is 24.8 Å². The van der Waals surface area contributed by atoms with E-state index in [2.05, 4.69) is 15.3 Å². The molecule has 4 heterocycles. The van der Waals surface area contributed by atoms with Crippen LogP contribution in [0.4, 0.5) is 14.6 Å². The Labute approximate surface area is 157 Å². The predicted octanol–water partition coefficient (Wildman–Crippen LogP) is 3.87. The number of hydrogen-bond donors (Lipinski definition) is 0. The second-order valence-corrected chi connectivity index (χ2v) is 7.21. The number of nitrogens with zero attached hydrogens (tertiary/aromatic N) is 6. The van der Waals surface area contributed by atoms with Crippen LogP contribution in [0.25, 0.3) is 16.2 Å². The topological polar surface area (TPSA) is 59.2 Å². The van der Waals surface area contributed by atoms with E-state index in [9.17, 15) is 8.78 Å². The highest BCUT2D eigenvalue weighted by molar-refractivity contribution is 7.12. The molecule has 1 aromatic carbocycles. The maximum atomic E-state index is 14.3. The van der Waals surface area contributed by atoms with Crippen LogP contribution in [-0.4, -0.2) is 31.3 Å². The molecule has 9 heteroatoms. The summed E-state index contributed by atoms with van der Waals surface area (Å²) in [4.78, 5) is 6.77. The van der Waals surface area contributed by atoms with Gasteiger partial charge in [-0.05, 0) is 37.1 Å². The predicted molar refractivity (Wildman–Crippen MR) is 97.6 cm³/mol.